The first-order chi connectivity index (χ1) is 9.12. The summed E-state index contributed by atoms with van der Waals surface area (Å²) in [6.07, 6.45) is -0.602. The number of aromatic nitrogens is 1. The Kier molecular flexibility index (Phi) is 5.22. The van der Waals surface area contributed by atoms with Crippen LogP contribution in [0.5, 0.6) is 5.95 Å². The molecule has 0 aromatic carbocycles. The standard InChI is InChI=1S/C11H12N2O6/c1-16-9(14)8-10(17-2)19-7(13-8)5-4-6-12-11(15)18-3/h6H2,1-3H3,(H,12,15). The van der Waals surface area contributed by atoms with Crippen LogP contribution in [-0.4, -0.2) is 44.9 Å². The van der Waals surface area contributed by atoms with Crippen molar-refractivity contribution in [3.8, 4) is 17.8 Å². The van der Waals surface area contributed by atoms with E-state index in [2.05, 4.69) is 31.6 Å². The van der Waals surface area contributed by atoms with E-state index in [1.807, 2.05) is 0 Å². The van der Waals surface area contributed by atoms with Crippen molar-refractivity contribution in [2.75, 3.05) is 27.9 Å². The maximum atomic E-state index is 11.3. The number of alkyl carbamates (subject to hydrolysis) is 1. The Hall–Kier alpha value is -2.69. The predicted octanol–water partition coefficient (Wildman–Crippen LogP) is 0.177. The van der Waals surface area contributed by atoms with Gasteiger partial charge in [0.1, 0.15) is 0 Å². The summed E-state index contributed by atoms with van der Waals surface area (Å²) in [6.45, 7) is 0.0466. The number of nitrogens with zero attached hydrogens (tertiary/aromatic N) is 1. The van der Waals surface area contributed by atoms with Crippen LogP contribution in [0, 0.1) is 11.8 Å². The van der Waals surface area contributed by atoms with Gasteiger partial charge >= 0.3 is 18.0 Å². The quantitative estimate of drug-likeness (QED) is 0.616. The van der Waals surface area contributed by atoms with Gasteiger partial charge in [-0.25, -0.2) is 9.59 Å². The number of hydrogen-bond donors (Lipinski definition) is 1. The molecule has 0 fully saturated rings. The fourth-order valence-electron chi connectivity index (χ4n) is 1.03. The number of esters is 1. The van der Waals surface area contributed by atoms with Crippen LogP contribution in [0.3, 0.4) is 0 Å². The SMILES string of the molecule is COC(=O)NCC#Cc1nc(C(=O)OC)c(OC)o1. The highest BCUT2D eigenvalue weighted by atomic mass is 16.6. The van der Waals surface area contributed by atoms with Gasteiger partial charge in [0.15, 0.2) is 0 Å². The van der Waals surface area contributed by atoms with Gasteiger partial charge in [0, 0.05) is 0 Å². The molecule has 19 heavy (non-hydrogen) atoms. The van der Waals surface area contributed by atoms with Gasteiger partial charge in [-0.05, 0) is 5.92 Å². The molecular formula is C11H12N2O6. The third-order valence-electron chi connectivity index (χ3n) is 1.86. The summed E-state index contributed by atoms with van der Waals surface area (Å²) in [5, 5.41) is 2.34. The summed E-state index contributed by atoms with van der Waals surface area (Å²) in [5.74, 6) is 4.27. The van der Waals surface area contributed by atoms with Crippen molar-refractivity contribution >= 4 is 12.1 Å². The number of hydrogen-bond acceptors (Lipinski definition) is 7. The molecule has 1 N–H and O–H groups in total. The number of rotatable bonds is 3. The highest BCUT2D eigenvalue weighted by Gasteiger charge is 2.20. The van der Waals surface area contributed by atoms with Gasteiger partial charge in [0.05, 0.1) is 27.9 Å². The Bertz CT molecular complexity index is 525. The summed E-state index contributed by atoms with van der Waals surface area (Å²) in [4.78, 5) is 25.9. The maximum absolute atomic E-state index is 11.3. The average Bonchev–Trinajstić information content (AvgIpc) is 2.85. The molecule has 1 aromatic heterocycles. The first-order valence-electron chi connectivity index (χ1n) is 5.06. The van der Waals surface area contributed by atoms with Crippen LogP contribution >= 0.6 is 0 Å². The van der Waals surface area contributed by atoms with E-state index in [0.717, 1.165) is 0 Å². The number of carbonyl (C=O) groups is 2. The fourth-order valence-corrected chi connectivity index (χ4v) is 1.03. The molecule has 1 aromatic rings. The van der Waals surface area contributed by atoms with Crippen molar-refractivity contribution in [2.45, 2.75) is 0 Å². The third-order valence-corrected chi connectivity index (χ3v) is 1.86. The molecule has 1 heterocycles. The Balaban J connectivity index is 2.75. The topological polar surface area (TPSA) is 99.9 Å². The molecular weight excluding hydrogens is 256 g/mol. The molecule has 0 saturated carbocycles. The highest BCUT2D eigenvalue weighted by Crippen LogP contribution is 2.19. The first kappa shape index (κ1) is 14.4. The lowest BCUT2D eigenvalue weighted by atomic mass is 10.5. The fraction of sp³-hybridized carbons (Fsp3) is 0.364. The molecule has 0 aliphatic rings. The molecule has 1 amide bonds. The van der Waals surface area contributed by atoms with Crippen molar-refractivity contribution in [2.24, 2.45) is 0 Å². The molecule has 0 aliphatic carbocycles. The second-order valence-corrected chi connectivity index (χ2v) is 3.00. The van der Waals surface area contributed by atoms with Crippen LogP contribution in [0.25, 0.3) is 0 Å². The number of oxazole rings is 1. The zero-order valence-corrected chi connectivity index (χ0v) is 10.6. The lowest BCUT2D eigenvalue weighted by Gasteiger charge is -1.95. The molecule has 0 spiro atoms. The van der Waals surface area contributed by atoms with E-state index in [0.29, 0.717) is 0 Å². The number of ether oxygens (including phenoxy) is 3. The molecule has 0 radical (unpaired) electrons. The van der Waals surface area contributed by atoms with Gasteiger partial charge in [-0.3, -0.25) is 0 Å². The first-order valence-corrected chi connectivity index (χ1v) is 5.06. The molecule has 0 saturated heterocycles. The summed E-state index contributed by atoms with van der Waals surface area (Å²) < 4.78 is 18.7. The number of amides is 1. The molecule has 102 valence electrons. The van der Waals surface area contributed by atoms with E-state index in [1.165, 1.54) is 21.3 Å². The van der Waals surface area contributed by atoms with E-state index in [9.17, 15) is 9.59 Å². The van der Waals surface area contributed by atoms with Crippen molar-refractivity contribution in [1.82, 2.24) is 10.3 Å². The minimum absolute atomic E-state index is 0.0242. The van der Waals surface area contributed by atoms with E-state index in [-0.39, 0.29) is 24.1 Å². The summed E-state index contributed by atoms with van der Waals surface area (Å²) in [6, 6.07) is 0. The summed E-state index contributed by atoms with van der Waals surface area (Å²) in [5.41, 5.74) is -0.102. The van der Waals surface area contributed by atoms with Gasteiger partial charge < -0.3 is 23.9 Å². The summed E-state index contributed by atoms with van der Waals surface area (Å²) in [7, 11) is 3.77. The third kappa shape index (κ3) is 3.92. The Morgan fingerprint density at radius 3 is 2.63 bits per heavy atom. The van der Waals surface area contributed by atoms with Gasteiger partial charge in [-0.1, -0.05) is 5.92 Å². The van der Waals surface area contributed by atoms with Gasteiger partial charge in [0.2, 0.25) is 5.69 Å². The van der Waals surface area contributed by atoms with Crippen molar-refractivity contribution in [1.29, 1.82) is 0 Å². The smallest absolute Gasteiger partial charge is 0.407 e. The van der Waals surface area contributed by atoms with E-state index in [1.54, 1.807) is 0 Å². The van der Waals surface area contributed by atoms with Gasteiger partial charge in [-0.15, -0.1) is 0 Å². The maximum Gasteiger partial charge on any atom is 0.407 e. The zero-order chi connectivity index (χ0) is 14.3. The molecule has 1 rings (SSSR count). The van der Waals surface area contributed by atoms with E-state index in [4.69, 9.17) is 9.15 Å². The molecule has 0 unspecified atom stereocenters. The molecule has 0 bridgehead atoms. The number of carbonyl (C=O) groups excluding carboxylic acids is 2. The minimum Gasteiger partial charge on any atom is -0.467 e. The van der Waals surface area contributed by atoms with Crippen LogP contribution in [0.4, 0.5) is 4.79 Å². The van der Waals surface area contributed by atoms with Crippen LogP contribution in [0.15, 0.2) is 4.42 Å². The lowest BCUT2D eigenvalue weighted by molar-refractivity contribution is 0.0588. The average molecular weight is 268 g/mol. The second-order valence-electron chi connectivity index (χ2n) is 3.00. The van der Waals surface area contributed by atoms with E-state index < -0.39 is 12.1 Å². The normalized spacial score (nSPS) is 9.00. The van der Waals surface area contributed by atoms with E-state index >= 15 is 0 Å². The van der Waals surface area contributed by atoms with Crippen molar-refractivity contribution in [3.05, 3.63) is 11.6 Å². The summed E-state index contributed by atoms with van der Waals surface area (Å²) >= 11 is 0. The lowest BCUT2D eigenvalue weighted by Crippen LogP contribution is -2.22. The largest absolute Gasteiger partial charge is 0.467 e. The van der Waals surface area contributed by atoms with Gasteiger partial charge in [-0.2, -0.15) is 4.98 Å². The molecule has 0 aliphatic heterocycles. The number of nitrogens with one attached hydrogen (secondary N) is 1. The van der Waals surface area contributed by atoms with Gasteiger partial charge in [0.25, 0.3) is 5.89 Å². The van der Waals surface area contributed by atoms with Crippen molar-refractivity contribution < 1.29 is 28.2 Å². The van der Waals surface area contributed by atoms with Crippen LogP contribution < -0.4 is 10.1 Å². The van der Waals surface area contributed by atoms with Crippen molar-refractivity contribution in [3.63, 3.8) is 0 Å². The monoisotopic (exact) mass is 268 g/mol. The minimum atomic E-state index is -0.693. The Labute approximate surface area is 109 Å². The molecule has 8 heteroatoms. The molecule has 8 nitrogen and oxygen atoms in total. The Morgan fingerprint density at radius 2 is 2.05 bits per heavy atom. The zero-order valence-electron chi connectivity index (χ0n) is 10.6. The number of methoxy groups -OCH3 is 3. The highest BCUT2D eigenvalue weighted by molar-refractivity contribution is 5.89. The van der Waals surface area contributed by atoms with Crippen LogP contribution in [-0.2, 0) is 9.47 Å². The predicted molar refractivity (Wildman–Crippen MR) is 61.7 cm³/mol. The molecule has 0 atom stereocenters. The second kappa shape index (κ2) is 6.90. The Morgan fingerprint density at radius 1 is 1.32 bits per heavy atom. The van der Waals surface area contributed by atoms with Crippen LogP contribution in [0.1, 0.15) is 16.4 Å². The van der Waals surface area contributed by atoms with Crippen LogP contribution in [0.2, 0.25) is 0 Å².